The van der Waals surface area contributed by atoms with Crippen molar-refractivity contribution in [2.75, 3.05) is 19.8 Å². The molecular formula is C20H21N5O5. The van der Waals surface area contributed by atoms with E-state index in [1.165, 1.54) is 6.07 Å². The summed E-state index contributed by atoms with van der Waals surface area (Å²) < 4.78 is 16.0. The van der Waals surface area contributed by atoms with E-state index in [4.69, 9.17) is 14.0 Å². The van der Waals surface area contributed by atoms with Crippen molar-refractivity contribution in [2.24, 2.45) is 0 Å². The number of ether oxygens (including phenoxy) is 2. The van der Waals surface area contributed by atoms with Crippen LogP contribution in [0.15, 0.2) is 35.0 Å². The van der Waals surface area contributed by atoms with Crippen LogP contribution in [0.2, 0.25) is 0 Å². The van der Waals surface area contributed by atoms with Crippen molar-refractivity contribution >= 4 is 5.91 Å². The smallest absolute Gasteiger partial charge is 0.271 e. The van der Waals surface area contributed by atoms with Gasteiger partial charge in [0, 0.05) is 23.5 Å². The van der Waals surface area contributed by atoms with E-state index in [9.17, 15) is 9.90 Å². The molecule has 0 unspecified atom stereocenters. The van der Waals surface area contributed by atoms with Crippen LogP contribution in [0, 0.1) is 13.8 Å². The summed E-state index contributed by atoms with van der Waals surface area (Å²) >= 11 is 0. The van der Waals surface area contributed by atoms with E-state index in [0.717, 1.165) is 16.8 Å². The Bertz CT molecular complexity index is 1030. The van der Waals surface area contributed by atoms with E-state index >= 15 is 0 Å². The molecule has 2 N–H and O–H groups in total. The zero-order valence-electron chi connectivity index (χ0n) is 16.6. The van der Waals surface area contributed by atoms with Gasteiger partial charge in [0.15, 0.2) is 5.69 Å². The number of aryl methyl sites for hydroxylation is 2. The Hall–Kier alpha value is -3.37. The van der Waals surface area contributed by atoms with Crippen LogP contribution in [-0.2, 0) is 11.3 Å². The summed E-state index contributed by atoms with van der Waals surface area (Å²) in [7, 11) is 0. The Morgan fingerprint density at radius 1 is 1.23 bits per heavy atom. The van der Waals surface area contributed by atoms with E-state index < -0.39 is 11.5 Å². The topological polar surface area (TPSA) is 132 Å². The van der Waals surface area contributed by atoms with Crippen LogP contribution in [-0.4, -0.2) is 56.7 Å². The fourth-order valence-corrected chi connectivity index (χ4v) is 2.84. The van der Waals surface area contributed by atoms with Crippen LogP contribution in [0.25, 0.3) is 11.3 Å². The number of amides is 1. The average molecular weight is 411 g/mol. The third-order valence-corrected chi connectivity index (χ3v) is 4.73. The lowest BCUT2D eigenvalue weighted by Gasteiger charge is -2.36. The molecule has 0 bridgehead atoms. The minimum absolute atomic E-state index is 0.0924. The van der Waals surface area contributed by atoms with Crippen molar-refractivity contribution in [1.29, 1.82) is 0 Å². The molecule has 156 valence electrons. The largest absolute Gasteiger partial charge is 0.472 e. The first-order valence-electron chi connectivity index (χ1n) is 9.37. The van der Waals surface area contributed by atoms with Crippen LogP contribution in [0.5, 0.6) is 5.88 Å². The van der Waals surface area contributed by atoms with Crippen LogP contribution < -0.4 is 10.1 Å². The van der Waals surface area contributed by atoms with Crippen LogP contribution >= 0.6 is 0 Å². The third kappa shape index (κ3) is 4.29. The van der Waals surface area contributed by atoms with Gasteiger partial charge in [-0.2, -0.15) is 0 Å². The van der Waals surface area contributed by atoms with Crippen LogP contribution in [0.1, 0.15) is 27.5 Å². The van der Waals surface area contributed by atoms with Gasteiger partial charge in [0.1, 0.15) is 23.7 Å². The normalized spacial score (nSPS) is 14.8. The maximum Gasteiger partial charge on any atom is 0.271 e. The highest BCUT2D eigenvalue weighted by Gasteiger charge is 2.36. The van der Waals surface area contributed by atoms with Crippen LogP contribution in [0.4, 0.5) is 0 Å². The number of carbonyl (C=O) groups excluding carboxylic acids is 1. The van der Waals surface area contributed by atoms with Gasteiger partial charge in [-0.1, -0.05) is 5.16 Å². The lowest BCUT2D eigenvalue weighted by Crippen LogP contribution is -2.57. The van der Waals surface area contributed by atoms with Crippen molar-refractivity contribution in [3.8, 4) is 17.1 Å². The molecular weight excluding hydrogens is 390 g/mol. The highest BCUT2D eigenvalue weighted by atomic mass is 16.5. The molecule has 0 atom stereocenters. The molecule has 1 aliphatic rings. The molecule has 10 heteroatoms. The number of nitrogens with zero attached hydrogens (tertiary/aromatic N) is 4. The summed E-state index contributed by atoms with van der Waals surface area (Å²) in [6.45, 7) is 4.38. The summed E-state index contributed by atoms with van der Waals surface area (Å²) in [6, 6.07) is 6.88. The molecule has 30 heavy (non-hydrogen) atoms. The standard InChI is InChI=1S/C20H21N5O5/c1-12-3-4-14(7-21-12)18-15(13(2)30-25-18)8-29-17-6-5-16(23-24-17)19(26)22-9-20(27)10-28-11-20/h3-7,27H,8-11H2,1-2H3,(H,22,26). The fourth-order valence-electron chi connectivity index (χ4n) is 2.84. The Morgan fingerprint density at radius 3 is 2.70 bits per heavy atom. The molecule has 4 heterocycles. The second kappa shape index (κ2) is 8.17. The van der Waals surface area contributed by atoms with Crippen molar-refractivity contribution in [1.82, 2.24) is 25.7 Å². The second-order valence-electron chi connectivity index (χ2n) is 7.20. The molecule has 0 radical (unpaired) electrons. The Kier molecular flexibility index (Phi) is 5.42. The molecule has 1 amide bonds. The van der Waals surface area contributed by atoms with Crippen molar-refractivity contribution in [3.05, 3.63) is 53.2 Å². The quantitative estimate of drug-likeness (QED) is 0.588. The summed E-state index contributed by atoms with van der Waals surface area (Å²) in [5.74, 6) is 0.456. The predicted molar refractivity (Wildman–Crippen MR) is 104 cm³/mol. The number of nitrogens with one attached hydrogen (secondary N) is 1. The van der Waals surface area contributed by atoms with E-state index in [2.05, 4.69) is 25.7 Å². The number of rotatable bonds is 7. The highest BCUT2D eigenvalue weighted by molar-refractivity contribution is 5.92. The SMILES string of the molecule is Cc1ccc(-c2noc(C)c2COc2ccc(C(=O)NCC3(O)COC3)nn2)cn1. The minimum Gasteiger partial charge on any atom is -0.472 e. The molecule has 1 fully saturated rings. The van der Waals surface area contributed by atoms with Crippen LogP contribution in [0.3, 0.4) is 0 Å². The van der Waals surface area contributed by atoms with Gasteiger partial charge in [-0.25, -0.2) is 0 Å². The van der Waals surface area contributed by atoms with Gasteiger partial charge in [-0.15, -0.1) is 10.2 Å². The number of carbonyl (C=O) groups is 1. The average Bonchev–Trinajstić information content (AvgIpc) is 3.10. The maximum absolute atomic E-state index is 12.1. The molecule has 3 aromatic rings. The molecule has 3 aromatic heterocycles. The Labute approximate surface area is 172 Å². The first kappa shape index (κ1) is 19.9. The summed E-state index contributed by atoms with van der Waals surface area (Å²) in [5.41, 5.74) is 2.28. The number of aliphatic hydroxyl groups is 1. The first-order valence-corrected chi connectivity index (χ1v) is 9.37. The van der Waals surface area contributed by atoms with Gasteiger partial charge in [-0.3, -0.25) is 9.78 Å². The fraction of sp³-hybridized carbons (Fsp3) is 0.350. The molecule has 1 saturated heterocycles. The summed E-state index contributed by atoms with van der Waals surface area (Å²) in [4.78, 5) is 16.4. The molecule has 0 aromatic carbocycles. The third-order valence-electron chi connectivity index (χ3n) is 4.73. The number of pyridine rings is 1. The van der Waals surface area contributed by atoms with Gasteiger partial charge < -0.3 is 24.4 Å². The molecule has 0 spiro atoms. The first-order chi connectivity index (χ1) is 14.4. The van der Waals surface area contributed by atoms with E-state index in [0.29, 0.717) is 11.5 Å². The van der Waals surface area contributed by atoms with E-state index in [1.807, 2.05) is 19.1 Å². The molecule has 0 aliphatic carbocycles. The molecule has 10 nitrogen and oxygen atoms in total. The molecule has 4 rings (SSSR count). The Morgan fingerprint density at radius 2 is 2.07 bits per heavy atom. The zero-order valence-corrected chi connectivity index (χ0v) is 16.6. The number of hydrogen-bond acceptors (Lipinski definition) is 9. The summed E-state index contributed by atoms with van der Waals surface area (Å²) in [6.07, 6.45) is 1.73. The Balaban J connectivity index is 1.38. The van der Waals surface area contributed by atoms with Gasteiger partial charge in [0.05, 0.1) is 25.3 Å². The second-order valence-corrected chi connectivity index (χ2v) is 7.20. The highest BCUT2D eigenvalue weighted by Crippen LogP contribution is 2.26. The van der Waals surface area contributed by atoms with E-state index in [-0.39, 0.29) is 37.9 Å². The monoisotopic (exact) mass is 411 g/mol. The number of aromatic nitrogens is 4. The van der Waals surface area contributed by atoms with Crippen molar-refractivity contribution < 1.29 is 23.9 Å². The van der Waals surface area contributed by atoms with Gasteiger partial charge in [0.2, 0.25) is 5.88 Å². The van der Waals surface area contributed by atoms with Crippen molar-refractivity contribution in [2.45, 2.75) is 26.1 Å². The van der Waals surface area contributed by atoms with Gasteiger partial charge in [0.25, 0.3) is 5.91 Å². The minimum atomic E-state index is -1.01. The lowest BCUT2D eigenvalue weighted by atomic mass is 10.0. The maximum atomic E-state index is 12.1. The number of hydrogen-bond donors (Lipinski definition) is 2. The van der Waals surface area contributed by atoms with Gasteiger partial charge in [-0.05, 0) is 32.0 Å². The van der Waals surface area contributed by atoms with Crippen molar-refractivity contribution in [3.63, 3.8) is 0 Å². The molecule has 1 aliphatic heterocycles. The predicted octanol–water partition coefficient (Wildman–Crippen LogP) is 1.21. The van der Waals surface area contributed by atoms with Gasteiger partial charge >= 0.3 is 0 Å². The molecule has 0 saturated carbocycles. The summed E-state index contributed by atoms with van der Waals surface area (Å²) in [5, 5.41) is 24.5. The van der Waals surface area contributed by atoms with E-state index in [1.54, 1.807) is 19.2 Å². The lowest BCUT2D eigenvalue weighted by molar-refractivity contribution is -0.173. The zero-order chi connectivity index (χ0) is 21.1.